The summed E-state index contributed by atoms with van der Waals surface area (Å²) in [6.45, 7) is 2.48. The molecule has 1 rings (SSSR count). The second kappa shape index (κ2) is 6.77. The molecule has 1 aromatic rings. The molecule has 94 valence electrons. The predicted molar refractivity (Wildman–Crippen MR) is 73.9 cm³/mol. The van der Waals surface area contributed by atoms with Crippen LogP contribution in [0.25, 0.3) is 0 Å². The first-order valence-corrected chi connectivity index (χ1v) is 6.53. The monoisotopic (exact) mass is 298 g/mol. The van der Waals surface area contributed by atoms with Crippen LogP contribution in [0, 0.1) is 0 Å². The average molecular weight is 299 g/mol. The molecule has 0 spiro atoms. The van der Waals surface area contributed by atoms with E-state index in [1.807, 2.05) is 18.2 Å². The molecule has 0 aliphatic heterocycles. The van der Waals surface area contributed by atoms with Crippen molar-refractivity contribution < 1.29 is 4.79 Å². The zero-order valence-corrected chi connectivity index (χ0v) is 12.1. The second-order valence-corrected chi connectivity index (χ2v) is 5.01. The maximum atomic E-state index is 11.5. The molecule has 3 nitrogen and oxygen atoms in total. The molecule has 1 N–H and O–H groups in total. The SMILES string of the molecule is CC[C@H](NCC(=O)N(C)C)c1ccccc1Br. The summed E-state index contributed by atoms with van der Waals surface area (Å²) < 4.78 is 1.08. The fraction of sp³-hybridized carbons (Fsp3) is 0.462. The number of amides is 1. The molecule has 0 aliphatic carbocycles. The van der Waals surface area contributed by atoms with E-state index in [0.29, 0.717) is 6.54 Å². The Kier molecular flexibility index (Phi) is 5.65. The summed E-state index contributed by atoms with van der Waals surface area (Å²) in [7, 11) is 3.53. The quantitative estimate of drug-likeness (QED) is 0.906. The number of likely N-dealkylation sites (N-methyl/N-ethyl adjacent to an activating group) is 1. The molecule has 0 heterocycles. The van der Waals surface area contributed by atoms with Gasteiger partial charge in [-0.15, -0.1) is 0 Å². The Morgan fingerprint density at radius 2 is 2.06 bits per heavy atom. The van der Waals surface area contributed by atoms with Gasteiger partial charge in [-0.05, 0) is 18.1 Å². The van der Waals surface area contributed by atoms with E-state index < -0.39 is 0 Å². The van der Waals surface area contributed by atoms with Crippen LogP contribution in [0.4, 0.5) is 0 Å². The first-order chi connectivity index (χ1) is 8.06. The fourth-order valence-electron chi connectivity index (χ4n) is 1.60. The van der Waals surface area contributed by atoms with E-state index in [9.17, 15) is 4.79 Å². The summed E-state index contributed by atoms with van der Waals surface area (Å²) in [4.78, 5) is 13.1. The molecule has 0 aliphatic rings. The summed E-state index contributed by atoms with van der Waals surface area (Å²) in [5.74, 6) is 0.0931. The third-order valence-electron chi connectivity index (χ3n) is 2.69. The average Bonchev–Trinajstić information content (AvgIpc) is 2.31. The number of carbonyl (C=O) groups is 1. The number of rotatable bonds is 5. The van der Waals surface area contributed by atoms with E-state index >= 15 is 0 Å². The van der Waals surface area contributed by atoms with Gasteiger partial charge in [-0.2, -0.15) is 0 Å². The van der Waals surface area contributed by atoms with Crippen LogP contribution >= 0.6 is 15.9 Å². The maximum Gasteiger partial charge on any atom is 0.236 e. The van der Waals surface area contributed by atoms with Crippen molar-refractivity contribution in [2.45, 2.75) is 19.4 Å². The fourth-order valence-corrected chi connectivity index (χ4v) is 2.16. The molecule has 0 bridgehead atoms. The number of nitrogens with one attached hydrogen (secondary N) is 1. The third kappa shape index (κ3) is 4.13. The van der Waals surface area contributed by atoms with Gasteiger partial charge >= 0.3 is 0 Å². The maximum absolute atomic E-state index is 11.5. The van der Waals surface area contributed by atoms with Gasteiger partial charge in [0.05, 0.1) is 6.54 Å². The summed E-state index contributed by atoms with van der Waals surface area (Å²) >= 11 is 3.54. The van der Waals surface area contributed by atoms with Crippen molar-refractivity contribution in [1.82, 2.24) is 10.2 Å². The molecule has 0 radical (unpaired) electrons. The number of hydrogen-bond donors (Lipinski definition) is 1. The highest BCUT2D eigenvalue weighted by Crippen LogP contribution is 2.24. The molecule has 0 saturated carbocycles. The number of benzene rings is 1. The van der Waals surface area contributed by atoms with Crippen molar-refractivity contribution in [3.63, 3.8) is 0 Å². The van der Waals surface area contributed by atoms with Gasteiger partial charge in [0.15, 0.2) is 0 Å². The van der Waals surface area contributed by atoms with Crippen LogP contribution in [0.5, 0.6) is 0 Å². The minimum Gasteiger partial charge on any atom is -0.348 e. The topological polar surface area (TPSA) is 32.3 Å². The first kappa shape index (κ1) is 14.2. The van der Waals surface area contributed by atoms with Crippen LogP contribution in [0.15, 0.2) is 28.7 Å². The van der Waals surface area contributed by atoms with E-state index in [1.54, 1.807) is 19.0 Å². The number of hydrogen-bond acceptors (Lipinski definition) is 2. The van der Waals surface area contributed by atoms with E-state index in [0.717, 1.165) is 10.9 Å². The first-order valence-electron chi connectivity index (χ1n) is 5.74. The van der Waals surface area contributed by atoms with E-state index in [1.165, 1.54) is 5.56 Å². The molecular weight excluding hydrogens is 280 g/mol. The van der Waals surface area contributed by atoms with Gasteiger partial charge in [-0.1, -0.05) is 41.1 Å². The van der Waals surface area contributed by atoms with Gasteiger partial charge in [-0.25, -0.2) is 0 Å². The molecule has 0 fully saturated rings. The van der Waals surface area contributed by atoms with Gasteiger partial charge in [0, 0.05) is 24.6 Å². The van der Waals surface area contributed by atoms with Crippen LogP contribution in [-0.2, 0) is 4.79 Å². The highest BCUT2D eigenvalue weighted by molar-refractivity contribution is 9.10. The molecule has 1 amide bonds. The highest BCUT2D eigenvalue weighted by atomic mass is 79.9. The van der Waals surface area contributed by atoms with Crippen molar-refractivity contribution in [2.75, 3.05) is 20.6 Å². The Balaban J connectivity index is 2.67. The van der Waals surface area contributed by atoms with Gasteiger partial charge in [0.25, 0.3) is 0 Å². The van der Waals surface area contributed by atoms with E-state index in [-0.39, 0.29) is 11.9 Å². The summed E-state index contributed by atoms with van der Waals surface area (Å²) in [5.41, 5.74) is 1.20. The Morgan fingerprint density at radius 3 is 2.59 bits per heavy atom. The van der Waals surface area contributed by atoms with Gasteiger partial charge in [-0.3, -0.25) is 4.79 Å². The van der Waals surface area contributed by atoms with Crippen molar-refractivity contribution in [3.05, 3.63) is 34.3 Å². The smallest absolute Gasteiger partial charge is 0.236 e. The van der Waals surface area contributed by atoms with E-state index in [2.05, 4.69) is 34.2 Å². The van der Waals surface area contributed by atoms with E-state index in [4.69, 9.17) is 0 Å². The Bertz CT molecular complexity index is 379. The molecule has 0 aromatic heterocycles. The predicted octanol–water partition coefficient (Wildman–Crippen LogP) is 2.58. The molecule has 0 saturated heterocycles. The summed E-state index contributed by atoms with van der Waals surface area (Å²) in [6, 6.07) is 8.30. The zero-order valence-electron chi connectivity index (χ0n) is 10.5. The zero-order chi connectivity index (χ0) is 12.8. The minimum atomic E-state index is 0.0931. The lowest BCUT2D eigenvalue weighted by molar-refractivity contribution is -0.127. The number of carbonyl (C=O) groups excluding carboxylic acids is 1. The second-order valence-electron chi connectivity index (χ2n) is 4.15. The normalized spacial score (nSPS) is 12.2. The van der Waals surface area contributed by atoms with Crippen molar-refractivity contribution >= 4 is 21.8 Å². The summed E-state index contributed by atoms with van der Waals surface area (Å²) in [5, 5.41) is 3.29. The standard InChI is InChI=1S/C13H19BrN2O/c1-4-12(15-9-13(17)16(2)3)10-7-5-6-8-11(10)14/h5-8,12,15H,4,9H2,1-3H3/t12-/m0/s1. The molecule has 1 atom stereocenters. The molecule has 17 heavy (non-hydrogen) atoms. The Labute approximate surface area is 111 Å². The lowest BCUT2D eigenvalue weighted by atomic mass is 10.0. The minimum absolute atomic E-state index is 0.0931. The molecule has 1 aromatic carbocycles. The van der Waals surface area contributed by atoms with Gasteiger partial charge in [0.2, 0.25) is 5.91 Å². The Hall–Kier alpha value is -0.870. The van der Waals surface area contributed by atoms with Crippen molar-refractivity contribution in [2.24, 2.45) is 0 Å². The van der Waals surface area contributed by atoms with Crippen LogP contribution in [0.1, 0.15) is 24.9 Å². The molecule has 4 heteroatoms. The highest BCUT2D eigenvalue weighted by Gasteiger charge is 2.13. The lowest BCUT2D eigenvalue weighted by Gasteiger charge is -2.20. The van der Waals surface area contributed by atoms with Crippen LogP contribution < -0.4 is 5.32 Å². The number of halogens is 1. The van der Waals surface area contributed by atoms with Gasteiger partial charge in [0.1, 0.15) is 0 Å². The molecule has 0 unspecified atom stereocenters. The summed E-state index contributed by atoms with van der Waals surface area (Å²) in [6.07, 6.45) is 0.948. The van der Waals surface area contributed by atoms with Crippen LogP contribution in [0.2, 0.25) is 0 Å². The number of nitrogens with zero attached hydrogens (tertiary/aromatic N) is 1. The Morgan fingerprint density at radius 1 is 1.41 bits per heavy atom. The lowest BCUT2D eigenvalue weighted by Crippen LogP contribution is -2.35. The largest absolute Gasteiger partial charge is 0.348 e. The van der Waals surface area contributed by atoms with Crippen LogP contribution in [0.3, 0.4) is 0 Å². The third-order valence-corrected chi connectivity index (χ3v) is 3.41. The van der Waals surface area contributed by atoms with Gasteiger partial charge < -0.3 is 10.2 Å². The van der Waals surface area contributed by atoms with Crippen LogP contribution in [-0.4, -0.2) is 31.4 Å². The van der Waals surface area contributed by atoms with Crippen molar-refractivity contribution in [1.29, 1.82) is 0 Å². The molecular formula is C13H19BrN2O. The van der Waals surface area contributed by atoms with Crippen molar-refractivity contribution in [3.8, 4) is 0 Å².